The Morgan fingerprint density at radius 3 is 1.90 bits per heavy atom. The van der Waals surface area contributed by atoms with Crippen LogP contribution < -0.4 is 15.3 Å². The molecule has 0 unspecified atom stereocenters. The van der Waals surface area contributed by atoms with E-state index in [0.717, 1.165) is 5.69 Å². The monoisotopic (exact) mass is 715 g/mol. The molecule has 0 bridgehead atoms. The zero-order valence-electron chi connectivity index (χ0n) is 28.9. The number of anilines is 3. The Kier molecular flexibility index (Phi) is 6.51. The topological polar surface area (TPSA) is 3.24 Å². The van der Waals surface area contributed by atoms with Crippen LogP contribution >= 0.6 is 22.7 Å². The molecule has 3 heterocycles. The Morgan fingerprint density at radius 1 is 0.442 bits per heavy atom. The quantitative estimate of drug-likeness (QED) is 0.164. The van der Waals surface area contributed by atoms with Gasteiger partial charge in [0.05, 0.1) is 5.69 Å². The lowest BCUT2D eigenvalue weighted by molar-refractivity contribution is 1.30. The molecule has 10 aromatic rings. The maximum absolute atomic E-state index is 2.54. The van der Waals surface area contributed by atoms with Crippen LogP contribution in [0.2, 0.25) is 13.1 Å². The molecule has 2 aromatic heterocycles. The van der Waals surface area contributed by atoms with Crippen molar-refractivity contribution in [3.8, 4) is 22.3 Å². The molecule has 0 radical (unpaired) electrons. The van der Waals surface area contributed by atoms with Gasteiger partial charge in [-0.15, -0.1) is 22.7 Å². The minimum atomic E-state index is -2.04. The molecule has 0 amide bonds. The van der Waals surface area contributed by atoms with Gasteiger partial charge in [0.1, 0.15) is 8.07 Å². The summed E-state index contributed by atoms with van der Waals surface area (Å²) < 4.78 is 5.37. The molecule has 52 heavy (non-hydrogen) atoms. The van der Waals surface area contributed by atoms with Crippen molar-refractivity contribution in [1.82, 2.24) is 0 Å². The number of hydrogen-bond acceptors (Lipinski definition) is 3. The maximum atomic E-state index is 2.54. The summed E-state index contributed by atoms with van der Waals surface area (Å²) >= 11 is 3.80. The first-order valence-corrected chi connectivity index (χ1v) is 22.6. The fourth-order valence-corrected chi connectivity index (χ4v) is 14.1. The van der Waals surface area contributed by atoms with Crippen LogP contribution in [0.1, 0.15) is 0 Å². The maximum Gasteiger partial charge on any atom is 0.113 e. The first kappa shape index (κ1) is 30.1. The predicted molar refractivity (Wildman–Crippen MR) is 232 cm³/mol. The van der Waals surface area contributed by atoms with E-state index >= 15 is 0 Å². The molecule has 0 saturated carbocycles. The van der Waals surface area contributed by atoms with E-state index in [4.69, 9.17) is 0 Å². The largest absolute Gasteiger partial charge is 0.310 e. The van der Waals surface area contributed by atoms with E-state index < -0.39 is 8.07 Å². The zero-order valence-corrected chi connectivity index (χ0v) is 31.5. The molecule has 1 aliphatic rings. The predicted octanol–water partition coefficient (Wildman–Crippen LogP) is 13.5. The summed E-state index contributed by atoms with van der Waals surface area (Å²) in [5.74, 6) is 0. The fourth-order valence-electron chi connectivity index (χ4n) is 8.83. The highest BCUT2D eigenvalue weighted by Crippen LogP contribution is 2.47. The van der Waals surface area contributed by atoms with E-state index in [1.165, 1.54) is 89.9 Å². The summed E-state index contributed by atoms with van der Waals surface area (Å²) in [5, 5.41) is 11.0. The van der Waals surface area contributed by atoms with Crippen molar-refractivity contribution < 1.29 is 0 Å². The normalized spacial score (nSPS) is 13.3. The van der Waals surface area contributed by atoms with Gasteiger partial charge in [0.15, 0.2) is 0 Å². The van der Waals surface area contributed by atoms with E-state index in [1.807, 2.05) is 22.7 Å². The van der Waals surface area contributed by atoms with Gasteiger partial charge in [0.2, 0.25) is 0 Å². The van der Waals surface area contributed by atoms with Crippen LogP contribution in [0.15, 0.2) is 164 Å². The Balaban J connectivity index is 1.17. The molecule has 0 saturated heterocycles. The minimum absolute atomic E-state index is 1.16. The van der Waals surface area contributed by atoms with Crippen LogP contribution in [0.5, 0.6) is 0 Å². The first-order valence-electron chi connectivity index (χ1n) is 17.9. The summed E-state index contributed by atoms with van der Waals surface area (Å²) in [7, 11) is -2.04. The van der Waals surface area contributed by atoms with Gasteiger partial charge < -0.3 is 4.90 Å². The van der Waals surface area contributed by atoms with Crippen LogP contribution in [0.4, 0.5) is 17.1 Å². The standard InChI is InChI=1S/C48H33NS2Si/c1-52(2)44-27-26-43-47(37-18-6-8-22-41(37)51-43)48(44)38-25-24-33(29-45(38)52)49(39-20-11-23-42-46(39)36-17-5-7-21-40(36)50-42)32-15-9-14-31(28-32)35-19-10-13-30-12-3-4-16-34(30)35/h3-29H,1-2H3. The molecule has 1 nitrogen and oxygen atoms in total. The van der Waals surface area contributed by atoms with Crippen molar-refractivity contribution in [3.05, 3.63) is 164 Å². The van der Waals surface area contributed by atoms with Crippen LogP contribution in [-0.4, -0.2) is 8.07 Å². The highest BCUT2D eigenvalue weighted by atomic mass is 32.1. The van der Waals surface area contributed by atoms with E-state index in [2.05, 4.69) is 182 Å². The highest BCUT2D eigenvalue weighted by molar-refractivity contribution is 7.26. The van der Waals surface area contributed by atoms with Gasteiger partial charge >= 0.3 is 0 Å². The summed E-state index contributed by atoms with van der Waals surface area (Å²) in [5.41, 5.74) is 8.93. The van der Waals surface area contributed by atoms with E-state index in [0.29, 0.717) is 0 Å². The average Bonchev–Trinajstić information content (AvgIpc) is 3.83. The Hall–Kier alpha value is -5.52. The van der Waals surface area contributed by atoms with Crippen molar-refractivity contribution >= 4 is 109 Å². The van der Waals surface area contributed by atoms with Crippen molar-refractivity contribution in [2.75, 3.05) is 4.90 Å². The summed E-state index contributed by atoms with van der Waals surface area (Å²) in [6.07, 6.45) is 0. The second kappa shape index (κ2) is 11.2. The van der Waals surface area contributed by atoms with Crippen LogP contribution in [0.3, 0.4) is 0 Å². The summed E-state index contributed by atoms with van der Waals surface area (Å²) in [6.45, 7) is 5.08. The lowest BCUT2D eigenvalue weighted by Gasteiger charge is -2.29. The van der Waals surface area contributed by atoms with E-state index in [1.54, 1.807) is 5.19 Å². The van der Waals surface area contributed by atoms with Crippen molar-refractivity contribution in [3.63, 3.8) is 0 Å². The summed E-state index contributed by atoms with van der Waals surface area (Å²) in [4.78, 5) is 2.53. The zero-order chi connectivity index (χ0) is 34.6. The lowest BCUT2D eigenvalue weighted by atomic mass is 9.97. The molecule has 0 N–H and O–H groups in total. The molecular weight excluding hydrogens is 683 g/mol. The summed E-state index contributed by atoms with van der Waals surface area (Å²) in [6, 6.07) is 61.3. The Morgan fingerprint density at radius 2 is 1.08 bits per heavy atom. The third kappa shape index (κ3) is 4.32. The molecule has 8 aromatic carbocycles. The van der Waals surface area contributed by atoms with Gasteiger partial charge in [-0.25, -0.2) is 0 Å². The van der Waals surface area contributed by atoms with Crippen LogP contribution in [0, 0.1) is 0 Å². The van der Waals surface area contributed by atoms with Gasteiger partial charge in [0.25, 0.3) is 0 Å². The average molecular weight is 716 g/mol. The van der Waals surface area contributed by atoms with Crippen molar-refractivity contribution in [2.24, 2.45) is 0 Å². The minimum Gasteiger partial charge on any atom is -0.310 e. The molecule has 4 heteroatoms. The third-order valence-corrected chi connectivity index (χ3v) is 17.0. The molecule has 1 aliphatic heterocycles. The molecule has 11 rings (SSSR count). The van der Waals surface area contributed by atoms with Gasteiger partial charge in [-0.3, -0.25) is 0 Å². The van der Waals surface area contributed by atoms with E-state index in [9.17, 15) is 0 Å². The number of thiophene rings is 2. The smallest absolute Gasteiger partial charge is 0.113 e. The number of hydrogen-bond donors (Lipinski definition) is 0. The highest BCUT2D eigenvalue weighted by Gasteiger charge is 2.39. The number of benzene rings is 8. The second-order valence-corrected chi connectivity index (χ2v) is 21.0. The number of rotatable bonds is 4. The lowest BCUT2D eigenvalue weighted by Crippen LogP contribution is -2.49. The number of nitrogens with zero attached hydrogens (tertiary/aromatic N) is 1. The Labute approximate surface area is 311 Å². The van der Waals surface area contributed by atoms with Gasteiger partial charge in [0, 0.05) is 51.7 Å². The van der Waals surface area contributed by atoms with Crippen LogP contribution in [-0.2, 0) is 0 Å². The van der Waals surface area contributed by atoms with Gasteiger partial charge in [-0.2, -0.15) is 0 Å². The SMILES string of the molecule is C[Si]1(C)c2cc(N(c3cccc(-c4cccc5ccccc45)c3)c3cccc4sc5ccccc5c34)ccc2-c2c1ccc1sc3ccccc3c21. The first-order chi connectivity index (χ1) is 25.5. The molecule has 0 spiro atoms. The molecular formula is C48H33NS2Si. The molecule has 0 aliphatic carbocycles. The van der Waals surface area contributed by atoms with Gasteiger partial charge in [-0.1, -0.05) is 122 Å². The van der Waals surface area contributed by atoms with Crippen molar-refractivity contribution in [2.45, 2.75) is 13.1 Å². The van der Waals surface area contributed by atoms with E-state index in [-0.39, 0.29) is 0 Å². The molecule has 0 fully saturated rings. The van der Waals surface area contributed by atoms with Crippen molar-refractivity contribution in [1.29, 1.82) is 0 Å². The molecule has 0 atom stereocenters. The van der Waals surface area contributed by atoms with Crippen LogP contribution in [0.25, 0.3) is 73.4 Å². The number of fused-ring (bicyclic) bond motifs is 11. The second-order valence-electron chi connectivity index (χ2n) is 14.5. The third-order valence-electron chi connectivity index (χ3n) is 11.2. The molecule has 246 valence electrons. The van der Waals surface area contributed by atoms with Gasteiger partial charge in [-0.05, 0) is 98.0 Å². The fraction of sp³-hybridized carbons (Fsp3) is 0.0417. The Bertz CT molecular complexity index is 3070.